The zero-order chi connectivity index (χ0) is 24.6. The summed E-state index contributed by atoms with van der Waals surface area (Å²) < 4.78 is 11.5. The van der Waals surface area contributed by atoms with E-state index in [2.05, 4.69) is 49.2 Å². The first-order chi connectivity index (χ1) is 16.9. The Bertz CT molecular complexity index is 1070. The minimum Gasteiger partial charge on any atom is -0.493 e. The molecule has 5 heteroatoms. The van der Waals surface area contributed by atoms with E-state index in [1.54, 1.807) is 0 Å². The summed E-state index contributed by atoms with van der Waals surface area (Å²) in [5.74, 6) is 2.23. The molecule has 0 saturated heterocycles. The van der Waals surface area contributed by atoms with Crippen LogP contribution < -0.4 is 10.5 Å². The summed E-state index contributed by atoms with van der Waals surface area (Å²) in [6.07, 6.45) is 10.8. The lowest BCUT2D eigenvalue weighted by Gasteiger charge is -2.46. The molecule has 0 radical (unpaired) electrons. The summed E-state index contributed by atoms with van der Waals surface area (Å²) in [7, 11) is 1.44. The van der Waals surface area contributed by atoms with Crippen molar-refractivity contribution in [1.82, 2.24) is 4.98 Å². The monoisotopic (exact) mass is 476 g/mol. The summed E-state index contributed by atoms with van der Waals surface area (Å²) in [6, 6.07) is 11.0. The van der Waals surface area contributed by atoms with E-state index in [4.69, 9.17) is 15.2 Å². The van der Waals surface area contributed by atoms with Crippen molar-refractivity contribution in [3.8, 4) is 5.75 Å². The fourth-order valence-corrected chi connectivity index (χ4v) is 7.26. The van der Waals surface area contributed by atoms with Crippen molar-refractivity contribution in [2.45, 2.75) is 88.5 Å². The molecule has 1 aromatic carbocycles. The van der Waals surface area contributed by atoms with Crippen LogP contribution in [0.4, 0.5) is 0 Å². The van der Waals surface area contributed by atoms with Gasteiger partial charge in [-0.15, -0.1) is 0 Å². The number of nitrogens with two attached hydrogens (primary N) is 1. The Morgan fingerprint density at radius 1 is 1.20 bits per heavy atom. The first-order valence-corrected chi connectivity index (χ1v) is 13.4. The van der Waals surface area contributed by atoms with Crippen LogP contribution in [0.2, 0.25) is 0 Å². The number of pyridine rings is 1. The highest BCUT2D eigenvalue weighted by Gasteiger charge is 2.52. The second-order valence-electron chi connectivity index (χ2n) is 11.5. The van der Waals surface area contributed by atoms with Crippen LogP contribution >= 0.6 is 0 Å². The average molecular weight is 477 g/mol. The van der Waals surface area contributed by atoms with E-state index in [0.717, 1.165) is 44.5 Å². The highest BCUT2D eigenvalue weighted by atomic mass is 16.5. The Morgan fingerprint density at radius 2 is 1.97 bits per heavy atom. The molecule has 1 aromatic heterocycles. The highest BCUT2D eigenvalue weighted by Crippen LogP contribution is 2.55. The van der Waals surface area contributed by atoms with E-state index in [1.807, 2.05) is 6.20 Å². The number of carbonyl (C=O) groups excluding carboxylic acids is 1. The number of ether oxygens (including phenoxy) is 2. The number of hydrogen-bond acceptors (Lipinski definition) is 5. The maximum Gasteiger partial charge on any atom is 0.325 e. The molecule has 0 bridgehead atoms. The molecule has 3 aliphatic carbocycles. The number of methoxy groups -OCH3 is 1. The van der Waals surface area contributed by atoms with E-state index in [9.17, 15) is 4.79 Å². The zero-order valence-electron chi connectivity index (χ0n) is 21.5. The second kappa shape index (κ2) is 9.57. The van der Waals surface area contributed by atoms with Gasteiger partial charge in [0, 0.05) is 17.5 Å². The Labute approximate surface area is 209 Å². The molecule has 1 spiro atoms. The van der Waals surface area contributed by atoms with Crippen molar-refractivity contribution in [3.63, 3.8) is 0 Å². The first kappa shape index (κ1) is 24.3. The lowest BCUT2D eigenvalue weighted by molar-refractivity contribution is -0.149. The molecule has 3 atom stereocenters. The van der Waals surface area contributed by atoms with Gasteiger partial charge in [0.05, 0.1) is 13.7 Å². The van der Waals surface area contributed by atoms with Gasteiger partial charge in [-0.05, 0) is 98.1 Å². The van der Waals surface area contributed by atoms with Gasteiger partial charge in [0.2, 0.25) is 0 Å². The number of carbonyl (C=O) groups is 1. The predicted molar refractivity (Wildman–Crippen MR) is 138 cm³/mol. The Balaban J connectivity index is 1.30. The molecule has 35 heavy (non-hydrogen) atoms. The first-order valence-electron chi connectivity index (χ1n) is 13.4. The van der Waals surface area contributed by atoms with Gasteiger partial charge in [-0.3, -0.25) is 9.78 Å². The van der Waals surface area contributed by atoms with Crippen molar-refractivity contribution >= 4 is 5.97 Å². The standard InChI is InChI=1S/C30H40N2O3/c1-20(19-35-26-11-16-32-25-10-6-7-21(2)27(25)26)17-23-18-22-8-4-5-9-24(22)29(23)12-14-30(31,15-13-29)28(33)34-3/h4-5,8-9,11,16,20-21,23H,6-7,10,12-15,17-19,31H2,1-3H3/t20-,21-,23+,29?,30?/m1/s1. The molecule has 1 saturated carbocycles. The van der Waals surface area contributed by atoms with E-state index in [0.29, 0.717) is 30.6 Å². The second-order valence-corrected chi connectivity index (χ2v) is 11.5. The van der Waals surface area contributed by atoms with Gasteiger partial charge in [-0.25, -0.2) is 0 Å². The molecule has 0 unspecified atom stereocenters. The number of aryl methyl sites for hydroxylation is 1. The van der Waals surface area contributed by atoms with Crippen molar-refractivity contribution < 1.29 is 14.3 Å². The third kappa shape index (κ3) is 4.37. The van der Waals surface area contributed by atoms with Gasteiger partial charge < -0.3 is 15.2 Å². The molecule has 1 heterocycles. The van der Waals surface area contributed by atoms with Crippen LogP contribution in [0, 0.1) is 11.8 Å². The molecule has 188 valence electrons. The average Bonchev–Trinajstić information content (AvgIpc) is 3.16. The summed E-state index contributed by atoms with van der Waals surface area (Å²) in [6.45, 7) is 5.33. The molecule has 5 rings (SSSR count). The van der Waals surface area contributed by atoms with Crippen LogP contribution in [-0.2, 0) is 27.8 Å². The third-order valence-corrected chi connectivity index (χ3v) is 9.21. The number of nitrogens with zero attached hydrogens (tertiary/aromatic N) is 1. The normalized spacial score (nSPS) is 30.4. The number of benzene rings is 1. The van der Waals surface area contributed by atoms with Crippen molar-refractivity contribution in [1.29, 1.82) is 0 Å². The maximum absolute atomic E-state index is 12.4. The number of aromatic nitrogens is 1. The van der Waals surface area contributed by atoms with Gasteiger partial charge in [0.15, 0.2) is 0 Å². The summed E-state index contributed by atoms with van der Waals surface area (Å²) >= 11 is 0. The van der Waals surface area contributed by atoms with Crippen LogP contribution in [-0.4, -0.2) is 30.2 Å². The molecule has 3 aliphatic rings. The van der Waals surface area contributed by atoms with Crippen LogP contribution in [0.1, 0.15) is 87.1 Å². The molecule has 1 fully saturated rings. The highest BCUT2D eigenvalue weighted by molar-refractivity contribution is 5.80. The smallest absolute Gasteiger partial charge is 0.325 e. The quantitative estimate of drug-likeness (QED) is 0.559. The van der Waals surface area contributed by atoms with Crippen LogP contribution in [0.3, 0.4) is 0 Å². The van der Waals surface area contributed by atoms with E-state index in [-0.39, 0.29) is 11.4 Å². The minimum absolute atomic E-state index is 0.0894. The van der Waals surface area contributed by atoms with Crippen LogP contribution in [0.15, 0.2) is 36.5 Å². The Kier molecular flexibility index (Phi) is 6.65. The SMILES string of the molecule is COC(=O)C1(N)CCC2(CC1)c1ccccc1C[C@@H]2C[C@@H](C)COc1ccnc2c1[C@H](C)CCC2. The molecular weight excluding hydrogens is 436 g/mol. The van der Waals surface area contributed by atoms with Crippen LogP contribution in [0.5, 0.6) is 5.75 Å². The summed E-state index contributed by atoms with van der Waals surface area (Å²) in [5.41, 5.74) is 11.2. The molecule has 5 nitrogen and oxygen atoms in total. The van der Waals surface area contributed by atoms with Gasteiger partial charge in [-0.2, -0.15) is 0 Å². The predicted octanol–water partition coefficient (Wildman–Crippen LogP) is 5.48. The zero-order valence-corrected chi connectivity index (χ0v) is 21.5. The lowest BCUT2D eigenvalue weighted by Crippen LogP contribution is -2.54. The number of esters is 1. The van der Waals surface area contributed by atoms with Gasteiger partial charge in [0.1, 0.15) is 11.3 Å². The third-order valence-electron chi connectivity index (χ3n) is 9.21. The molecule has 2 aromatic rings. The number of fused-ring (bicyclic) bond motifs is 3. The molecule has 0 amide bonds. The largest absolute Gasteiger partial charge is 0.493 e. The Hall–Kier alpha value is -2.40. The number of hydrogen-bond donors (Lipinski definition) is 1. The molecule has 2 N–H and O–H groups in total. The Morgan fingerprint density at radius 3 is 2.74 bits per heavy atom. The van der Waals surface area contributed by atoms with Crippen molar-refractivity contribution in [2.24, 2.45) is 17.6 Å². The molecule has 0 aliphatic heterocycles. The fourth-order valence-electron chi connectivity index (χ4n) is 7.26. The summed E-state index contributed by atoms with van der Waals surface area (Å²) in [5, 5.41) is 0. The fraction of sp³-hybridized carbons (Fsp3) is 0.600. The topological polar surface area (TPSA) is 74.4 Å². The lowest BCUT2D eigenvalue weighted by atomic mass is 9.60. The number of rotatable bonds is 6. The van der Waals surface area contributed by atoms with Gasteiger partial charge in [0.25, 0.3) is 0 Å². The van der Waals surface area contributed by atoms with Gasteiger partial charge >= 0.3 is 5.97 Å². The van der Waals surface area contributed by atoms with E-state index < -0.39 is 5.54 Å². The maximum atomic E-state index is 12.4. The molecular formula is C30H40N2O3. The van der Waals surface area contributed by atoms with Crippen molar-refractivity contribution in [2.75, 3.05) is 13.7 Å². The van der Waals surface area contributed by atoms with Crippen LogP contribution in [0.25, 0.3) is 0 Å². The summed E-state index contributed by atoms with van der Waals surface area (Å²) in [4.78, 5) is 17.0. The minimum atomic E-state index is -0.853. The van der Waals surface area contributed by atoms with Gasteiger partial charge in [-0.1, -0.05) is 38.1 Å². The van der Waals surface area contributed by atoms with E-state index >= 15 is 0 Å². The van der Waals surface area contributed by atoms with E-state index in [1.165, 1.54) is 42.3 Å². The van der Waals surface area contributed by atoms with Crippen molar-refractivity contribution in [3.05, 3.63) is 58.9 Å².